The van der Waals surface area contributed by atoms with Gasteiger partial charge in [0.15, 0.2) is 0 Å². The molecule has 0 spiro atoms. The zero-order valence-electron chi connectivity index (χ0n) is 10.4. The van der Waals surface area contributed by atoms with E-state index in [4.69, 9.17) is 0 Å². The number of hydrogen-bond acceptors (Lipinski definition) is 5. The number of carbonyl (C=O) groups excluding carboxylic acids is 3. The van der Waals surface area contributed by atoms with Gasteiger partial charge in [0.25, 0.3) is 5.91 Å². The van der Waals surface area contributed by atoms with E-state index in [2.05, 4.69) is 15.4 Å². The molecule has 1 aliphatic rings. The number of amides is 2. The van der Waals surface area contributed by atoms with Crippen molar-refractivity contribution in [3.8, 4) is 0 Å². The van der Waals surface area contributed by atoms with Gasteiger partial charge in [0.1, 0.15) is 4.88 Å². The number of thiophene rings is 1. The van der Waals surface area contributed by atoms with Crippen LogP contribution >= 0.6 is 11.3 Å². The molecule has 1 aromatic heterocycles. The van der Waals surface area contributed by atoms with Gasteiger partial charge in [0, 0.05) is 19.0 Å². The van der Waals surface area contributed by atoms with Gasteiger partial charge in [-0.3, -0.25) is 9.59 Å². The number of methoxy groups -OCH3 is 1. The molecule has 2 amide bonds. The van der Waals surface area contributed by atoms with Crippen LogP contribution in [0.25, 0.3) is 0 Å². The van der Waals surface area contributed by atoms with Gasteiger partial charge in [0.05, 0.1) is 12.0 Å². The molecule has 19 heavy (non-hydrogen) atoms. The van der Waals surface area contributed by atoms with Crippen LogP contribution in [-0.4, -0.2) is 37.5 Å². The van der Waals surface area contributed by atoms with Gasteiger partial charge in [-0.05, 0) is 18.6 Å². The second kappa shape index (κ2) is 5.83. The quantitative estimate of drug-likeness (QED) is 0.793. The summed E-state index contributed by atoms with van der Waals surface area (Å²) in [4.78, 5) is 35.1. The van der Waals surface area contributed by atoms with Gasteiger partial charge in [-0.2, -0.15) is 0 Å². The van der Waals surface area contributed by atoms with Crippen molar-refractivity contribution in [2.24, 2.45) is 0 Å². The summed E-state index contributed by atoms with van der Waals surface area (Å²) in [5, 5.41) is 5.53. The lowest BCUT2D eigenvalue weighted by molar-refractivity contribution is -0.122. The average Bonchev–Trinajstić information content (AvgIpc) is 2.90. The Balaban J connectivity index is 1.94. The normalized spacial score (nSPS) is 18.6. The predicted molar refractivity (Wildman–Crippen MR) is 69.2 cm³/mol. The first kappa shape index (κ1) is 13.5. The molecule has 0 radical (unpaired) electrons. The van der Waals surface area contributed by atoms with E-state index in [1.807, 2.05) is 0 Å². The van der Waals surface area contributed by atoms with E-state index >= 15 is 0 Å². The smallest absolute Gasteiger partial charge is 0.348 e. The van der Waals surface area contributed by atoms with Crippen LogP contribution in [0.5, 0.6) is 0 Å². The minimum absolute atomic E-state index is 0.00889. The number of hydrogen-bond donors (Lipinski definition) is 2. The zero-order chi connectivity index (χ0) is 13.8. The summed E-state index contributed by atoms with van der Waals surface area (Å²) in [6, 6.07) is 3.09. The van der Waals surface area contributed by atoms with Crippen LogP contribution in [0.3, 0.4) is 0 Å². The monoisotopic (exact) mass is 282 g/mol. The second-order valence-corrected chi connectivity index (χ2v) is 5.25. The molecule has 1 saturated heterocycles. The highest BCUT2D eigenvalue weighted by atomic mass is 32.1. The van der Waals surface area contributed by atoms with Gasteiger partial charge >= 0.3 is 5.97 Å². The largest absolute Gasteiger partial charge is 0.465 e. The van der Waals surface area contributed by atoms with Crippen molar-refractivity contribution in [1.29, 1.82) is 0 Å². The fourth-order valence-corrected chi connectivity index (χ4v) is 2.61. The molecule has 1 unspecified atom stereocenters. The van der Waals surface area contributed by atoms with Crippen LogP contribution in [0.4, 0.5) is 0 Å². The molecule has 1 aliphatic heterocycles. The molecule has 1 aromatic rings. The van der Waals surface area contributed by atoms with Crippen molar-refractivity contribution in [2.45, 2.75) is 18.9 Å². The predicted octanol–water partition coefficient (Wildman–Crippen LogP) is 0.543. The zero-order valence-corrected chi connectivity index (χ0v) is 11.2. The van der Waals surface area contributed by atoms with E-state index in [0.29, 0.717) is 29.1 Å². The van der Waals surface area contributed by atoms with Gasteiger partial charge < -0.3 is 15.4 Å². The minimum Gasteiger partial charge on any atom is -0.465 e. The number of piperidine rings is 1. The third kappa shape index (κ3) is 3.31. The number of esters is 1. The summed E-state index contributed by atoms with van der Waals surface area (Å²) in [7, 11) is 1.30. The van der Waals surface area contributed by atoms with Crippen LogP contribution in [0, 0.1) is 0 Å². The van der Waals surface area contributed by atoms with Gasteiger partial charge in [-0.25, -0.2) is 4.79 Å². The second-order valence-electron chi connectivity index (χ2n) is 4.17. The standard InChI is InChI=1S/C12H14N2O4S/c1-18-12(17)9-4-3-8(19-9)11(16)14-7-2-5-10(15)13-6-7/h3-4,7H,2,5-6H2,1H3,(H,13,15)(H,14,16). The Kier molecular flexibility index (Phi) is 4.16. The summed E-state index contributed by atoms with van der Waals surface area (Å²) >= 11 is 1.09. The molecular weight excluding hydrogens is 268 g/mol. The maximum atomic E-state index is 12.0. The summed E-state index contributed by atoms with van der Waals surface area (Å²) in [5.74, 6) is -0.676. The van der Waals surface area contributed by atoms with E-state index < -0.39 is 5.97 Å². The Hall–Kier alpha value is -1.89. The van der Waals surface area contributed by atoms with Crippen LogP contribution < -0.4 is 10.6 Å². The molecule has 0 aromatic carbocycles. The molecule has 102 valence electrons. The average molecular weight is 282 g/mol. The fraction of sp³-hybridized carbons (Fsp3) is 0.417. The van der Waals surface area contributed by atoms with Crippen LogP contribution in [0.2, 0.25) is 0 Å². The molecule has 6 nitrogen and oxygen atoms in total. The maximum absolute atomic E-state index is 12.0. The summed E-state index contributed by atoms with van der Waals surface area (Å²) in [6.07, 6.45) is 1.05. The van der Waals surface area contributed by atoms with E-state index in [-0.39, 0.29) is 17.9 Å². The Labute approximate surface area is 114 Å². The van der Waals surface area contributed by atoms with E-state index in [1.54, 1.807) is 12.1 Å². The molecule has 2 rings (SSSR count). The van der Waals surface area contributed by atoms with Gasteiger partial charge in [-0.1, -0.05) is 0 Å². The topological polar surface area (TPSA) is 84.5 Å². The molecular formula is C12H14N2O4S. The van der Waals surface area contributed by atoms with Crippen LogP contribution in [-0.2, 0) is 9.53 Å². The van der Waals surface area contributed by atoms with Crippen molar-refractivity contribution < 1.29 is 19.1 Å². The lowest BCUT2D eigenvalue weighted by Gasteiger charge is -2.23. The summed E-state index contributed by atoms with van der Waals surface area (Å²) in [5.41, 5.74) is 0. The molecule has 2 heterocycles. The number of nitrogens with one attached hydrogen (secondary N) is 2. The Morgan fingerprint density at radius 3 is 2.79 bits per heavy atom. The first-order chi connectivity index (χ1) is 9.10. The van der Waals surface area contributed by atoms with E-state index in [1.165, 1.54) is 7.11 Å². The molecule has 0 saturated carbocycles. The molecule has 1 atom stereocenters. The summed E-state index contributed by atoms with van der Waals surface area (Å²) in [6.45, 7) is 0.444. The van der Waals surface area contributed by atoms with E-state index in [9.17, 15) is 14.4 Å². The van der Waals surface area contributed by atoms with Crippen LogP contribution in [0.15, 0.2) is 12.1 Å². The summed E-state index contributed by atoms with van der Waals surface area (Å²) < 4.78 is 4.58. The lowest BCUT2D eigenvalue weighted by atomic mass is 10.1. The Morgan fingerprint density at radius 2 is 2.16 bits per heavy atom. The number of ether oxygens (including phenoxy) is 1. The Morgan fingerprint density at radius 1 is 1.42 bits per heavy atom. The molecule has 0 bridgehead atoms. The van der Waals surface area contributed by atoms with Crippen molar-refractivity contribution in [3.05, 3.63) is 21.9 Å². The highest BCUT2D eigenvalue weighted by Gasteiger charge is 2.21. The van der Waals surface area contributed by atoms with Gasteiger partial charge in [-0.15, -0.1) is 11.3 Å². The first-order valence-corrected chi connectivity index (χ1v) is 6.67. The van der Waals surface area contributed by atoms with Gasteiger partial charge in [0.2, 0.25) is 5.91 Å². The number of rotatable bonds is 3. The van der Waals surface area contributed by atoms with Crippen molar-refractivity contribution >= 4 is 29.1 Å². The highest BCUT2D eigenvalue weighted by molar-refractivity contribution is 7.15. The lowest BCUT2D eigenvalue weighted by Crippen LogP contribution is -2.47. The molecule has 1 fully saturated rings. The SMILES string of the molecule is COC(=O)c1ccc(C(=O)NC2CCC(=O)NC2)s1. The third-order valence-electron chi connectivity index (χ3n) is 2.82. The van der Waals surface area contributed by atoms with E-state index in [0.717, 1.165) is 11.3 Å². The maximum Gasteiger partial charge on any atom is 0.348 e. The molecule has 0 aliphatic carbocycles. The minimum atomic E-state index is -0.450. The van der Waals surface area contributed by atoms with Crippen LogP contribution in [0.1, 0.15) is 32.2 Å². The van der Waals surface area contributed by atoms with Crippen molar-refractivity contribution in [3.63, 3.8) is 0 Å². The Bertz CT molecular complexity index is 502. The fourth-order valence-electron chi connectivity index (χ4n) is 1.78. The molecule has 2 N–H and O–H groups in total. The molecule has 7 heteroatoms. The number of carbonyl (C=O) groups is 3. The highest BCUT2D eigenvalue weighted by Crippen LogP contribution is 2.17. The third-order valence-corrected chi connectivity index (χ3v) is 3.88. The van der Waals surface area contributed by atoms with Crippen molar-refractivity contribution in [1.82, 2.24) is 10.6 Å². The first-order valence-electron chi connectivity index (χ1n) is 5.86. The van der Waals surface area contributed by atoms with Crippen molar-refractivity contribution in [2.75, 3.05) is 13.7 Å².